The summed E-state index contributed by atoms with van der Waals surface area (Å²) in [5.41, 5.74) is -0.410. The second-order valence-electron chi connectivity index (χ2n) is 6.99. The third-order valence-corrected chi connectivity index (χ3v) is 5.72. The van der Waals surface area contributed by atoms with Crippen LogP contribution in [0.3, 0.4) is 0 Å². The van der Waals surface area contributed by atoms with Crippen molar-refractivity contribution in [3.63, 3.8) is 0 Å². The Morgan fingerprint density at radius 2 is 1.82 bits per heavy atom. The maximum Gasteiger partial charge on any atom is 0.416 e. The fraction of sp³-hybridized carbons (Fsp3) is 0.500. The summed E-state index contributed by atoms with van der Waals surface area (Å²) in [4.78, 5) is 14.4. The minimum absolute atomic E-state index is 0.117. The molecule has 10 heteroatoms. The van der Waals surface area contributed by atoms with Gasteiger partial charge in [0, 0.05) is 24.8 Å². The van der Waals surface area contributed by atoms with E-state index in [1.54, 1.807) is 0 Å². The van der Waals surface area contributed by atoms with Crippen molar-refractivity contribution >= 4 is 29.3 Å². The highest BCUT2D eigenvalue weighted by atomic mass is 32.2. The van der Waals surface area contributed by atoms with E-state index in [1.165, 1.54) is 23.9 Å². The zero-order valence-corrected chi connectivity index (χ0v) is 15.9. The van der Waals surface area contributed by atoms with E-state index in [0.29, 0.717) is 16.9 Å². The molecule has 1 amide bonds. The number of thioether (sulfide) groups is 1. The molecule has 0 radical (unpaired) electrons. The zero-order valence-electron chi connectivity index (χ0n) is 15.1. The van der Waals surface area contributed by atoms with E-state index in [-0.39, 0.29) is 11.7 Å². The van der Waals surface area contributed by atoms with Crippen LogP contribution in [0.15, 0.2) is 29.4 Å². The fourth-order valence-electron chi connectivity index (χ4n) is 3.22. The molecule has 0 spiro atoms. The summed E-state index contributed by atoms with van der Waals surface area (Å²) in [6.07, 6.45) is 0.0811. The Morgan fingerprint density at radius 1 is 1.14 bits per heavy atom. The minimum atomic E-state index is -4.39. The third kappa shape index (κ3) is 4.26. The SMILES string of the molecule is O=C(CSc1nnc(N2CCCC2)n1C1CC1)Nc1ccc(C(F)(F)F)cc1. The molecule has 1 aromatic heterocycles. The zero-order chi connectivity index (χ0) is 19.7. The quantitative estimate of drug-likeness (QED) is 0.729. The number of rotatable bonds is 6. The number of halogens is 3. The van der Waals surface area contributed by atoms with E-state index < -0.39 is 11.7 Å². The largest absolute Gasteiger partial charge is 0.416 e. The van der Waals surface area contributed by atoms with Crippen LogP contribution in [0.2, 0.25) is 0 Å². The molecule has 2 heterocycles. The molecular formula is C18H20F3N5OS. The highest BCUT2D eigenvalue weighted by Crippen LogP contribution is 2.41. The van der Waals surface area contributed by atoms with E-state index in [4.69, 9.17) is 0 Å². The fourth-order valence-corrected chi connectivity index (χ4v) is 4.02. The number of nitrogens with zero attached hydrogens (tertiary/aromatic N) is 4. The highest BCUT2D eigenvalue weighted by Gasteiger charge is 2.32. The van der Waals surface area contributed by atoms with Crippen molar-refractivity contribution in [1.29, 1.82) is 0 Å². The summed E-state index contributed by atoms with van der Waals surface area (Å²) in [6.45, 7) is 1.95. The number of amides is 1. The van der Waals surface area contributed by atoms with Gasteiger partial charge >= 0.3 is 6.18 Å². The van der Waals surface area contributed by atoms with E-state index in [9.17, 15) is 18.0 Å². The first-order chi connectivity index (χ1) is 13.4. The number of benzene rings is 1. The summed E-state index contributed by atoms with van der Waals surface area (Å²) in [7, 11) is 0. The van der Waals surface area contributed by atoms with Gasteiger partial charge < -0.3 is 10.2 Å². The number of nitrogens with one attached hydrogen (secondary N) is 1. The molecule has 0 unspecified atom stereocenters. The molecule has 1 N–H and O–H groups in total. The molecule has 2 aromatic rings. The summed E-state index contributed by atoms with van der Waals surface area (Å²) in [6, 6.07) is 4.81. The van der Waals surface area contributed by atoms with Crippen molar-refractivity contribution in [2.45, 2.75) is 43.1 Å². The topological polar surface area (TPSA) is 63.1 Å². The first-order valence-corrected chi connectivity index (χ1v) is 10.2. The lowest BCUT2D eigenvalue weighted by molar-refractivity contribution is -0.137. The molecule has 4 rings (SSSR count). The van der Waals surface area contributed by atoms with Crippen molar-refractivity contribution < 1.29 is 18.0 Å². The third-order valence-electron chi connectivity index (χ3n) is 4.78. The van der Waals surface area contributed by atoms with Crippen LogP contribution in [-0.4, -0.2) is 39.5 Å². The molecule has 1 aliphatic carbocycles. The van der Waals surface area contributed by atoms with E-state index >= 15 is 0 Å². The van der Waals surface area contributed by atoms with Gasteiger partial charge in [0.1, 0.15) is 0 Å². The molecule has 0 bridgehead atoms. The second-order valence-corrected chi connectivity index (χ2v) is 7.93. The van der Waals surface area contributed by atoms with Crippen molar-refractivity contribution in [3.8, 4) is 0 Å². The van der Waals surface area contributed by atoms with E-state index in [1.807, 2.05) is 0 Å². The van der Waals surface area contributed by atoms with Gasteiger partial charge in [-0.2, -0.15) is 13.2 Å². The molecule has 1 saturated carbocycles. The van der Waals surface area contributed by atoms with Crippen LogP contribution in [0, 0.1) is 0 Å². The first kappa shape index (κ1) is 19.1. The Morgan fingerprint density at radius 3 is 2.43 bits per heavy atom. The van der Waals surface area contributed by atoms with Crippen LogP contribution in [-0.2, 0) is 11.0 Å². The van der Waals surface area contributed by atoms with Crippen LogP contribution >= 0.6 is 11.8 Å². The van der Waals surface area contributed by atoms with Crippen LogP contribution in [0.1, 0.15) is 37.3 Å². The standard InChI is InChI=1S/C18H20F3N5OS/c19-18(20,21)12-3-5-13(6-4-12)22-15(27)11-28-17-24-23-16(25-9-1-2-10-25)26(17)14-7-8-14/h3-6,14H,1-2,7-11H2,(H,22,27). The Labute approximate surface area is 164 Å². The highest BCUT2D eigenvalue weighted by molar-refractivity contribution is 7.99. The Bertz CT molecular complexity index is 842. The van der Waals surface area contributed by atoms with Crippen LogP contribution in [0.25, 0.3) is 0 Å². The number of hydrogen-bond donors (Lipinski definition) is 1. The predicted molar refractivity (Wildman–Crippen MR) is 101 cm³/mol. The first-order valence-electron chi connectivity index (χ1n) is 9.21. The average molecular weight is 411 g/mol. The summed E-state index contributed by atoms with van der Waals surface area (Å²) in [5.74, 6) is 0.703. The van der Waals surface area contributed by atoms with Gasteiger partial charge in [-0.05, 0) is 49.9 Å². The van der Waals surface area contributed by atoms with Crippen LogP contribution in [0.5, 0.6) is 0 Å². The predicted octanol–water partition coefficient (Wildman–Crippen LogP) is 3.96. The number of alkyl halides is 3. The van der Waals surface area contributed by atoms with Gasteiger partial charge in [-0.3, -0.25) is 9.36 Å². The Balaban J connectivity index is 1.37. The van der Waals surface area contributed by atoms with Gasteiger partial charge in [0.2, 0.25) is 11.9 Å². The van der Waals surface area contributed by atoms with E-state index in [2.05, 4.69) is 25.0 Å². The molecule has 1 aliphatic heterocycles. The summed E-state index contributed by atoms with van der Waals surface area (Å²) >= 11 is 1.30. The molecule has 1 saturated heterocycles. The van der Waals surface area contributed by atoms with Gasteiger partial charge in [-0.25, -0.2) is 0 Å². The Kier molecular flexibility index (Phi) is 5.22. The lowest BCUT2D eigenvalue weighted by atomic mass is 10.2. The van der Waals surface area contributed by atoms with Gasteiger partial charge in [0.05, 0.1) is 11.3 Å². The molecule has 2 aliphatic rings. The number of anilines is 2. The van der Waals surface area contributed by atoms with Crippen molar-refractivity contribution in [3.05, 3.63) is 29.8 Å². The van der Waals surface area contributed by atoms with Gasteiger partial charge in [-0.15, -0.1) is 10.2 Å². The molecular weight excluding hydrogens is 391 g/mol. The van der Waals surface area contributed by atoms with Crippen molar-refractivity contribution in [2.24, 2.45) is 0 Å². The molecule has 0 atom stereocenters. The lowest BCUT2D eigenvalue weighted by Gasteiger charge is -2.17. The number of aromatic nitrogens is 3. The number of carbonyl (C=O) groups excluding carboxylic acids is 1. The summed E-state index contributed by atoms with van der Waals surface area (Å²) < 4.78 is 39.9. The molecule has 150 valence electrons. The monoisotopic (exact) mass is 411 g/mol. The minimum Gasteiger partial charge on any atom is -0.341 e. The van der Waals surface area contributed by atoms with Gasteiger partial charge in [-0.1, -0.05) is 11.8 Å². The molecule has 6 nitrogen and oxygen atoms in total. The number of carbonyl (C=O) groups is 1. The van der Waals surface area contributed by atoms with Crippen LogP contribution < -0.4 is 10.2 Å². The number of hydrogen-bond acceptors (Lipinski definition) is 5. The normalized spacial score (nSPS) is 17.2. The van der Waals surface area contributed by atoms with Crippen molar-refractivity contribution in [2.75, 3.05) is 29.1 Å². The molecule has 2 fully saturated rings. The van der Waals surface area contributed by atoms with E-state index in [0.717, 1.165) is 56.9 Å². The maximum absolute atomic E-state index is 12.6. The molecule has 1 aromatic carbocycles. The second kappa shape index (κ2) is 7.65. The smallest absolute Gasteiger partial charge is 0.341 e. The van der Waals surface area contributed by atoms with Crippen LogP contribution in [0.4, 0.5) is 24.8 Å². The maximum atomic E-state index is 12.6. The Hall–Kier alpha value is -2.23. The summed E-state index contributed by atoms with van der Waals surface area (Å²) in [5, 5.41) is 11.9. The lowest BCUT2D eigenvalue weighted by Crippen LogP contribution is -2.22. The molecule has 28 heavy (non-hydrogen) atoms. The average Bonchev–Trinajstić information content (AvgIpc) is 3.17. The van der Waals surface area contributed by atoms with Gasteiger partial charge in [0.15, 0.2) is 5.16 Å². The van der Waals surface area contributed by atoms with Gasteiger partial charge in [0.25, 0.3) is 0 Å². The van der Waals surface area contributed by atoms with Crippen molar-refractivity contribution in [1.82, 2.24) is 14.8 Å².